The number of halogens is 1. The molecule has 0 atom stereocenters. The topological polar surface area (TPSA) is 12.9 Å². The molecule has 1 heterocycles. The summed E-state index contributed by atoms with van der Waals surface area (Å²) < 4.78 is 17.0. The standard InChI is InChI=1S/C12H10FNS/c1-8(2)12-7-11(14-15-12)9-3-5-10(13)6-4-9/h3-7H,1H2,2H3. The van der Waals surface area contributed by atoms with Gasteiger partial charge >= 0.3 is 0 Å². The SMILES string of the molecule is C=C(C)c1cc(-c2ccc(F)cc2)ns1. The van der Waals surface area contributed by atoms with E-state index in [4.69, 9.17) is 0 Å². The van der Waals surface area contributed by atoms with E-state index in [1.165, 1.54) is 23.7 Å². The van der Waals surface area contributed by atoms with Crippen LogP contribution < -0.4 is 0 Å². The van der Waals surface area contributed by atoms with E-state index in [1.807, 2.05) is 13.0 Å². The fourth-order valence-corrected chi connectivity index (χ4v) is 1.91. The summed E-state index contributed by atoms with van der Waals surface area (Å²) >= 11 is 1.41. The van der Waals surface area contributed by atoms with E-state index in [0.717, 1.165) is 21.7 Å². The zero-order valence-electron chi connectivity index (χ0n) is 8.33. The summed E-state index contributed by atoms with van der Waals surface area (Å²) in [6.07, 6.45) is 0. The van der Waals surface area contributed by atoms with Gasteiger partial charge < -0.3 is 0 Å². The molecule has 0 spiro atoms. The highest BCUT2D eigenvalue weighted by atomic mass is 32.1. The van der Waals surface area contributed by atoms with Crippen LogP contribution in [0.15, 0.2) is 36.9 Å². The van der Waals surface area contributed by atoms with Gasteiger partial charge in [0.1, 0.15) is 5.82 Å². The van der Waals surface area contributed by atoms with E-state index in [-0.39, 0.29) is 5.82 Å². The summed E-state index contributed by atoms with van der Waals surface area (Å²) in [7, 11) is 0. The Morgan fingerprint density at radius 2 is 2.00 bits per heavy atom. The summed E-state index contributed by atoms with van der Waals surface area (Å²) in [6, 6.07) is 8.31. The quantitative estimate of drug-likeness (QED) is 0.744. The van der Waals surface area contributed by atoms with Crippen molar-refractivity contribution in [3.8, 4) is 11.3 Å². The second-order valence-electron chi connectivity index (χ2n) is 3.36. The van der Waals surface area contributed by atoms with Crippen molar-refractivity contribution in [2.24, 2.45) is 0 Å². The summed E-state index contributed by atoms with van der Waals surface area (Å²) in [4.78, 5) is 1.06. The Hall–Kier alpha value is -1.48. The molecule has 0 aliphatic heterocycles. The molecule has 1 nitrogen and oxygen atoms in total. The van der Waals surface area contributed by atoms with Gasteiger partial charge in [-0.3, -0.25) is 0 Å². The van der Waals surface area contributed by atoms with Gasteiger partial charge in [-0.25, -0.2) is 4.39 Å². The van der Waals surface area contributed by atoms with Crippen LogP contribution in [0.5, 0.6) is 0 Å². The van der Waals surface area contributed by atoms with E-state index in [1.54, 1.807) is 12.1 Å². The van der Waals surface area contributed by atoms with Crippen molar-refractivity contribution < 1.29 is 4.39 Å². The molecule has 1 aromatic heterocycles. The van der Waals surface area contributed by atoms with E-state index < -0.39 is 0 Å². The van der Waals surface area contributed by atoms with Gasteiger partial charge in [0.2, 0.25) is 0 Å². The molecule has 0 saturated heterocycles. The van der Waals surface area contributed by atoms with E-state index >= 15 is 0 Å². The number of hydrogen-bond donors (Lipinski definition) is 0. The molecule has 0 unspecified atom stereocenters. The molecule has 76 valence electrons. The molecule has 3 heteroatoms. The number of aromatic nitrogens is 1. The van der Waals surface area contributed by atoms with Crippen molar-refractivity contribution in [3.05, 3.63) is 47.6 Å². The monoisotopic (exact) mass is 219 g/mol. The van der Waals surface area contributed by atoms with Crippen LogP contribution in [0.2, 0.25) is 0 Å². The van der Waals surface area contributed by atoms with Gasteiger partial charge in [-0.15, -0.1) is 0 Å². The third-order valence-corrected chi connectivity index (χ3v) is 3.02. The fourth-order valence-electron chi connectivity index (χ4n) is 1.23. The minimum Gasteiger partial charge on any atom is -0.207 e. The molecule has 0 bridgehead atoms. The van der Waals surface area contributed by atoms with E-state index in [0.29, 0.717) is 0 Å². The largest absolute Gasteiger partial charge is 0.207 e. The molecule has 0 amide bonds. The number of hydrogen-bond acceptors (Lipinski definition) is 2. The van der Waals surface area contributed by atoms with E-state index in [2.05, 4.69) is 11.0 Å². The highest BCUT2D eigenvalue weighted by molar-refractivity contribution is 7.07. The highest BCUT2D eigenvalue weighted by Crippen LogP contribution is 2.25. The summed E-state index contributed by atoms with van der Waals surface area (Å²) in [5.41, 5.74) is 2.80. The predicted octanol–water partition coefficient (Wildman–Crippen LogP) is 3.98. The Bertz CT molecular complexity index is 485. The first-order valence-electron chi connectivity index (χ1n) is 4.55. The third kappa shape index (κ3) is 2.13. The van der Waals surface area contributed by atoms with Crippen LogP contribution in [-0.2, 0) is 0 Å². The van der Waals surface area contributed by atoms with Crippen molar-refractivity contribution in [2.75, 3.05) is 0 Å². The maximum Gasteiger partial charge on any atom is 0.123 e. The first-order valence-corrected chi connectivity index (χ1v) is 5.32. The number of allylic oxidation sites excluding steroid dienone is 1. The van der Waals surface area contributed by atoms with Crippen molar-refractivity contribution in [1.29, 1.82) is 0 Å². The molecular formula is C12H10FNS. The van der Waals surface area contributed by atoms with Crippen LogP contribution in [-0.4, -0.2) is 4.37 Å². The Labute approximate surface area is 92.1 Å². The molecule has 2 aromatic rings. The molecule has 0 saturated carbocycles. The maximum absolute atomic E-state index is 12.7. The molecule has 0 aliphatic rings. The lowest BCUT2D eigenvalue weighted by Crippen LogP contribution is -1.77. The van der Waals surface area contributed by atoms with Gasteiger partial charge in [-0.1, -0.05) is 6.58 Å². The van der Waals surface area contributed by atoms with Gasteiger partial charge in [-0.2, -0.15) is 4.37 Å². The molecule has 0 N–H and O–H groups in total. The fraction of sp³-hybridized carbons (Fsp3) is 0.0833. The smallest absolute Gasteiger partial charge is 0.123 e. The molecule has 0 fully saturated rings. The van der Waals surface area contributed by atoms with Gasteiger partial charge in [0, 0.05) is 5.56 Å². The van der Waals surface area contributed by atoms with Crippen molar-refractivity contribution in [3.63, 3.8) is 0 Å². The van der Waals surface area contributed by atoms with Crippen LogP contribution in [0, 0.1) is 5.82 Å². The Kier molecular flexibility index (Phi) is 2.64. The van der Waals surface area contributed by atoms with Crippen LogP contribution in [0.4, 0.5) is 4.39 Å². The molecule has 0 radical (unpaired) electrons. The van der Waals surface area contributed by atoms with Crippen molar-refractivity contribution in [2.45, 2.75) is 6.92 Å². The Morgan fingerprint density at radius 3 is 2.53 bits per heavy atom. The first kappa shape index (κ1) is 10.1. The summed E-state index contributed by atoms with van der Waals surface area (Å²) in [6.45, 7) is 5.80. The van der Waals surface area contributed by atoms with Crippen LogP contribution in [0.25, 0.3) is 16.8 Å². The second kappa shape index (κ2) is 3.95. The van der Waals surface area contributed by atoms with Crippen LogP contribution in [0.1, 0.15) is 11.8 Å². The molecule has 2 rings (SSSR count). The minimum atomic E-state index is -0.228. The number of benzene rings is 1. The Balaban J connectivity index is 2.37. The zero-order chi connectivity index (χ0) is 10.8. The van der Waals surface area contributed by atoms with Gasteiger partial charge in [0.05, 0.1) is 10.6 Å². The van der Waals surface area contributed by atoms with Gasteiger partial charge in [0.15, 0.2) is 0 Å². The number of nitrogens with zero attached hydrogens (tertiary/aromatic N) is 1. The molecular weight excluding hydrogens is 209 g/mol. The lowest BCUT2D eigenvalue weighted by molar-refractivity contribution is 0.628. The van der Waals surface area contributed by atoms with Gasteiger partial charge in [0.25, 0.3) is 0 Å². The minimum absolute atomic E-state index is 0.228. The second-order valence-corrected chi connectivity index (χ2v) is 4.17. The third-order valence-electron chi connectivity index (χ3n) is 2.07. The zero-order valence-corrected chi connectivity index (χ0v) is 9.14. The van der Waals surface area contributed by atoms with Crippen molar-refractivity contribution >= 4 is 17.1 Å². The van der Waals surface area contributed by atoms with Crippen LogP contribution >= 0.6 is 11.5 Å². The van der Waals surface area contributed by atoms with Crippen molar-refractivity contribution in [1.82, 2.24) is 4.37 Å². The molecule has 0 aliphatic carbocycles. The first-order chi connectivity index (χ1) is 7.16. The van der Waals surface area contributed by atoms with Crippen LogP contribution in [0.3, 0.4) is 0 Å². The highest BCUT2D eigenvalue weighted by Gasteiger charge is 2.04. The summed E-state index contributed by atoms with van der Waals surface area (Å²) in [5.74, 6) is -0.228. The molecule has 15 heavy (non-hydrogen) atoms. The Morgan fingerprint density at radius 1 is 1.33 bits per heavy atom. The molecule has 1 aromatic carbocycles. The lowest BCUT2D eigenvalue weighted by Gasteiger charge is -1.94. The normalized spacial score (nSPS) is 10.3. The predicted molar refractivity (Wildman–Crippen MR) is 62.2 cm³/mol. The lowest BCUT2D eigenvalue weighted by atomic mass is 10.1. The van der Waals surface area contributed by atoms with E-state index in [9.17, 15) is 4.39 Å². The van der Waals surface area contributed by atoms with Gasteiger partial charge in [-0.05, 0) is 54.4 Å². The average Bonchev–Trinajstić information content (AvgIpc) is 2.68. The number of rotatable bonds is 2. The maximum atomic E-state index is 12.7. The average molecular weight is 219 g/mol. The summed E-state index contributed by atoms with van der Waals surface area (Å²) in [5, 5.41) is 0.